The lowest BCUT2D eigenvalue weighted by Crippen LogP contribution is -2.35. The maximum Gasteiger partial charge on any atom is 0.282 e. The summed E-state index contributed by atoms with van der Waals surface area (Å²) in [6, 6.07) is 13.3. The molecule has 0 aliphatic carbocycles. The monoisotopic (exact) mass is 413 g/mol. The number of halogens is 1. The van der Waals surface area contributed by atoms with E-state index in [1.54, 1.807) is 6.08 Å². The lowest BCUT2D eigenvalue weighted by atomic mass is 10.1. The van der Waals surface area contributed by atoms with Crippen LogP contribution in [0.2, 0.25) is 0 Å². The molecular weight excluding hydrogens is 394 g/mol. The smallest absolute Gasteiger partial charge is 0.282 e. The summed E-state index contributed by atoms with van der Waals surface area (Å²) in [5.41, 5.74) is 6.37. The number of hydrazine groups is 1. The number of aryl methyl sites for hydroxylation is 1. The quantitative estimate of drug-likeness (QED) is 0.615. The minimum Gasteiger partial charge on any atom is -0.377 e. The first-order valence-electron chi connectivity index (χ1n) is 8.33. The Labute approximate surface area is 161 Å². The van der Waals surface area contributed by atoms with Crippen molar-refractivity contribution in [1.82, 2.24) is 5.43 Å². The minimum absolute atomic E-state index is 0.120. The second-order valence-electron chi connectivity index (χ2n) is 6.26. The standard InChI is InChI=1S/C20H20BrN3O2/c1-4-13-5-8-15(9-6-13)24-20(26)16(19(25)22-24)11-14-7-10-18(23(2)3)17(21)12-14/h5-12H,4H2,1-3H3,(H,22,25). The van der Waals surface area contributed by atoms with E-state index >= 15 is 0 Å². The summed E-state index contributed by atoms with van der Waals surface area (Å²) in [6.45, 7) is 2.07. The molecule has 26 heavy (non-hydrogen) atoms. The fourth-order valence-electron chi connectivity index (χ4n) is 2.76. The van der Waals surface area contributed by atoms with Crippen molar-refractivity contribution in [3.63, 3.8) is 0 Å². The van der Waals surface area contributed by atoms with Crippen LogP contribution in [0.4, 0.5) is 11.4 Å². The van der Waals surface area contributed by atoms with Crippen LogP contribution in [0.5, 0.6) is 0 Å². The molecule has 1 N–H and O–H groups in total. The number of nitrogens with zero attached hydrogens (tertiary/aromatic N) is 2. The Morgan fingerprint density at radius 3 is 2.38 bits per heavy atom. The second kappa shape index (κ2) is 7.33. The van der Waals surface area contributed by atoms with Crippen molar-refractivity contribution < 1.29 is 9.59 Å². The average molecular weight is 414 g/mol. The molecule has 134 valence electrons. The van der Waals surface area contributed by atoms with E-state index in [4.69, 9.17) is 0 Å². The third-order valence-electron chi connectivity index (χ3n) is 4.26. The number of hydrogen-bond donors (Lipinski definition) is 1. The van der Waals surface area contributed by atoms with Crippen LogP contribution in [0.25, 0.3) is 6.08 Å². The van der Waals surface area contributed by atoms with Gasteiger partial charge in [-0.3, -0.25) is 15.0 Å². The molecule has 1 saturated heterocycles. The molecule has 0 spiro atoms. The molecule has 2 amide bonds. The zero-order valence-electron chi connectivity index (χ0n) is 14.9. The lowest BCUT2D eigenvalue weighted by molar-refractivity contribution is -0.117. The van der Waals surface area contributed by atoms with Crippen LogP contribution in [0.15, 0.2) is 52.5 Å². The summed E-state index contributed by atoms with van der Waals surface area (Å²) in [5.74, 6) is -0.755. The normalized spacial score (nSPS) is 15.5. The van der Waals surface area contributed by atoms with Crippen LogP contribution in [-0.2, 0) is 16.0 Å². The fourth-order valence-corrected chi connectivity index (χ4v) is 3.51. The fraction of sp³-hybridized carbons (Fsp3) is 0.200. The molecule has 1 aliphatic heterocycles. The Morgan fingerprint density at radius 2 is 1.81 bits per heavy atom. The van der Waals surface area contributed by atoms with E-state index in [2.05, 4.69) is 28.3 Å². The van der Waals surface area contributed by atoms with Gasteiger partial charge < -0.3 is 4.90 Å². The molecule has 0 bridgehead atoms. The van der Waals surface area contributed by atoms with Crippen LogP contribution in [-0.4, -0.2) is 25.9 Å². The van der Waals surface area contributed by atoms with Crippen molar-refractivity contribution >= 4 is 45.2 Å². The number of benzene rings is 2. The van der Waals surface area contributed by atoms with Crippen LogP contribution in [0.3, 0.4) is 0 Å². The van der Waals surface area contributed by atoms with Crippen LogP contribution in [0.1, 0.15) is 18.1 Å². The molecule has 5 nitrogen and oxygen atoms in total. The van der Waals surface area contributed by atoms with Gasteiger partial charge in [-0.15, -0.1) is 0 Å². The molecule has 0 unspecified atom stereocenters. The summed E-state index contributed by atoms with van der Waals surface area (Å²) in [6.07, 6.45) is 2.53. The number of rotatable bonds is 4. The average Bonchev–Trinajstić information content (AvgIpc) is 2.90. The Morgan fingerprint density at radius 1 is 1.12 bits per heavy atom. The van der Waals surface area contributed by atoms with E-state index in [1.165, 1.54) is 10.6 Å². The highest BCUT2D eigenvalue weighted by atomic mass is 79.9. The minimum atomic E-state index is -0.401. The van der Waals surface area contributed by atoms with Crippen LogP contribution in [0, 0.1) is 0 Å². The molecule has 0 atom stereocenters. The summed E-state index contributed by atoms with van der Waals surface area (Å²) in [5, 5.41) is 1.29. The van der Waals surface area contributed by atoms with Crippen LogP contribution < -0.4 is 15.3 Å². The number of amides is 2. The predicted molar refractivity (Wildman–Crippen MR) is 108 cm³/mol. The first kappa shape index (κ1) is 18.2. The van der Waals surface area contributed by atoms with Gasteiger partial charge in [-0.05, 0) is 63.8 Å². The van der Waals surface area contributed by atoms with Crippen molar-refractivity contribution in [1.29, 1.82) is 0 Å². The molecule has 2 aromatic carbocycles. The van der Waals surface area contributed by atoms with Gasteiger partial charge in [0.2, 0.25) is 0 Å². The zero-order valence-corrected chi connectivity index (χ0v) is 16.5. The van der Waals surface area contributed by atoms with E-state index in [-0.39, 0.29) is 11.5 Å². The molecule has 2 aromatic rings. The molecule has 1 heterocycles. The van der Waals surface area contributed by atoms with Crippen molar-refractivity contribution in [3.8, 4) is 0 Å². The molecule has 1 aliphatic rings. The lowest BCUT2D eigenvalue weighted by Gasteiger charge is -2.15. The van der Waals surface area contributed by atoms with Gasteiger partial charge in [0.05, 0.1) is 11.4 Å². The third-order valence-corrected chi connectivity index (χ3v) is 4.89. The van der Waals surface area contributed by atoms with Gasteiger partial charge in [0, 0.05) is 18.6 Å². The number of nitrogens with one attached hydrogen (secondary N) is 1. The van der Waals surface area contributed by atoms with E-state index in [0.29, 0.717) is 5.69 Å². The van der Waals surface area contributed by atoms with E-state index in [9.17, 15) is 9.59 Å². The molecule has 3 rings (SSSR count). The summed E-state index contributed by atoms with van der Waals surface area (Å²) >= 11 is 3.52. The van der Waals surface area contributed by atoms with E-state index in [1.807, 2.05) is 61.5 Å². The highest BCUT2D eigenvalue weighted by molar-refractivity contribution is 9.10. The predicted octanol–water partition coefficient (Wildman–Crippen LogP) is 3.54. The Balaban J connectivity index is 1.88. The first-order valence-corrected chi connectivity index (χ1v) is 9.13. The molecule has 0 aromatic heterocycles. The van der Waals surface area contributed by atoms with E-state index in [0.717, 1.165) is 22.1 Å². The first-order chi connectivity index (χ1) is 12.4. The number of hydrogen-bond acceptors (Lipinski definition) is 3. The summed E-state index contributed by atoms with van der Waals surface area (Å²) in [4.78, 5) is 27.0. The number of anilines is 2. The summed E-state index contributed by atoms with van der Waals surface area (Å²) in [7, 11) is 3.90. The third kappa shape index (κ3) is 3.51. The molecule has 0 saturated carbocycles. The SMILES string of the molecule is CCc1ccc(N2NC(=O)C(=Cc3ccc(N(C)C)c(Br)c3)C2=O)cc1. The highest BCUT2D eigenvalue weighted by Gasteiger charge is 2.34. The van der Waals surface area contributed by atoms with Gasteiger partial charge in [-0.25, -0.2) is 5.01 Å². The molecule has 0 radical (unpaired) electrons. The second-order valence-corrected chi connectivity index (χ2v) is 7.12. The Bertz CT molecular complexity index is 888. The van der Waals surface area contributed by atoms with E-state index < -0.39 is 5.91 Å². The van der Waals surface area contributed by atoms with Gasteiger partial charge in [0.15, 0.2) is 0 Å². The largest absolute Gasteiger partial charge is 0.377 e. The number of carbonyl (C=O) groups excluding carboxylic acids is 2. The highest BCUT2D eigenvalue weighted by Crippen LogP contribution is 2.28. The summed E-state index contributed by atoms with van der Waals surface area (Å²) < 4.78 is 0.898. The maximum atomic E-state index is 12.7. The van der Waals surface area contributed by atoms with Gasteiger partial charge in [0.25, 0.3) is 11.8 Å². The topological polar surface area (TPSA) is 52.7 Å². The molecule has 1 fully saturated rings. The Kier molecular flexibility index (Phi) is 5.13. The van der Waals surface area contributed by atoms with Gasteiger partial charge in [0.1, 0.15) is 5.57 Å². The number of carbonyl (C=O) groups is 2. The van der Waals surface area contributed by atoms with Crippen molar-refractivity contribution in [2.75, 3.05) is 24.0 Å². The van der Waals surface area contributed by atoms with Gasteiger partial charge in [-0.1, -0.05) is 25.1 Å². The van der Waals surface area contributed by atoms with Crippen molar-refractivity contribution in [3.05, 3.63) is 63.6 Å². The van der Waals surface area contributed by atoms with Crippen molar-refractivity contribution in [2.45, 2.75) is 13.3 Å². The van der Waals surface area contributed by atoms with Crippen molar-refractivity contribution in [2.24, 2.45) is 0 Å². The van der Waals surface area contributed by atoms with Gasteiger partial charge in [-0.2, -0.15) is 0 Å². The Hall–Kier alpha value is -2.60. The molecule has 6 heteroatoms. The maximum absolute atomic E-state index is 12.7. The molecular formula is C20H20BrN3O2. The zero-order chi connectivity index (χ0) is 18.8. The van der Waals surface area contributed by atoms with Gasteiger partial charge >= 0.3 is 0 Å². The van der Waals surface area contributed by atoms with Crippen LogP contribution >= 0.6 is 15.9 Å².